The predicted molar refractivity (Wildman–Crippen MR) is 99.0 cm³/mol. The van der Waals surface area contributed by atoms with Crippen LogP contribution in [0.2, 0.25) is 0 Å². The van der Waals surface area contributed by atoms with Gasteiger partial charge in [-0.25, -0.2) is 4.39 Å². The molecule has 1 amide bonds. The number of halogens is 1. The number of benzene rings is 2. The summed E-state index contributed by atoms with van der Waals surface area (Å²) in [7, 11) is 1.51. The van der Waals surface area contributed by atoms with Crippen molar-refractivity contribution in [2.24, 2.45) is 0 Å². The van der Waals surface area contributed by atoms with Crippen molar-refractivity contribution >= 4 is 28.5 Å². The van der Waals surface area contributed by atoms with Crippen molar-refractivity contribution in [1.29, 1.82) is 0 Å². The Kier molecular flexibility index (Phi) is 4.71. The van der Waals surface area contributed by atoms with Gasteiger partial charge in [-0.05, 0) is 30.0 Å². The highest BCUT2D eigenvalue weighted by atomic mass is 19.1. The minimum absolute atomic E-state index is 0.0253. The van der Waals surface area contributed by atoms with E-state index in [0.717, 1.165) is 16.5 Å². The van der Waals surface area contributed by atoms with Crippen LogP contribution in [0.5, 0.6) is 0 Å². The SMILES string of the molecule is CC(/C=C/C(O)=C1C(=O)CN(C)C1=O)=C\c1ccc(F)c2ccccc12. The molecular weight excluding hydrogens is 333 g/mol. The van der Waals surface area contributed by atoms with Gasteiger partial charge in [-0.15, -0.1) is 0 Å². The van der Waals surface area contributed by atoms with Gasteiger partial charge >= 0.3 is 0 Å². The molecule has 0 bridgehead atoms. The number of aliphatic hydroxyl groups excluding tert-OH is 1. The van der Waals surface area contributed by atoms with Crippen molar-refractivity contribution in [1.82, 2.24) is 4.90 Å². The molecule has 0 radical (unpaired) electrons. The average Bonchev–Trinajstić information content (AvgIpc) is 2.88. The first-order valence-electron chi connectivity index (χ1n) is 8.14. The van der Waals surface area contributed by atoms with E-state index in [9.17, 15) is 19.1 Å². The van der Waals surface area contributed by atoms with Crippen molar-refractivity contribution in [2.75, 3.05) is 13.6 Å². The van der Waals surface area contributed by atoms with E-state index in [0.29, 0.717) is 5.39 Å². The lowest BCUT2D eigenvalue weighted by Crippen LogP contribution is -2.19. The summed E-state index contributed by atoms with van der Waals surface area (Å²) in [6, 6.07) is 10.3. The van der Waals surface area contributed by atoms with Crippen LogP contribution in [-0.4, -0.2) is 35.3 Å². The third-order valence-electron chi connectivity index (χ3n) is 4.27. The lowest BCUT2D eigenvalue weighted by atomic mass is 10.0. The van der Waals surface area contributed by atoms with Crippen molar-refractivity contribution in [3.05, 3.63) is 76.8 Å². The highest BCUT2D eigenvalue weighted by Crippen LogP contribution is 2.24. The van der Waals surface area contributed by atoms with Gasteiger partial charge in [0, 0.05) is 12.4 Å². The summed E-state index contributed by atoms with van der Waals surface area (Å²) >= 11 is 0. The van der Waals surface area contributed by atoms with Crippen LogP contribution >= 0.6 is 0 Å². The molecule has 3 rings (SSSR count). The standard InChI is InChI=1S/C21H18FNO3/c1-13(7-10-18(24)20-19(25)12-23(2)21(20)26)11-14-8-9-17(22)16-6-4-3-5-15(14)16/h3-11,24H,12H2,1-2H3/b10-7+,13-11+,20-18?. The Labute approximate surface area is 150 Å². The number of carbonyl (C=O) groups excluding carboxylic acids is 2. The van der Waals surface area contributed by atoms with Crippen LogP contribution in [0.3, 0.4) is 0 Å². The quantitative estimate of drug-likeness (QED) is 0.396. The maximum atomic E-state index is 13.9. The number of amides is 1. The third kappa shape index (κ3) is 3.28. The molecule has 0 aromatic heterocycles. The molecule has 2 aromatic carbocycles. The molecule has 0 atom stereocenters. The fraction of sp³-hybridized carbons (Fsp3) is 0.143. The Morgan fingerprint density at radius 2 is 1.81 bits per heavy atom. The van der Waals surface area contributed by atoms with Gasteiger partial charge in [0.05, 0.1) is 6.54 Å². The fourth-order valence-corrected chi connectivity index (χ4v) is 2.93. The molecule has 132 valence electrons. The van der Waals surface area contributed by atoms with E-state index in [2.05, 4.69) is 0 Å². The van der Waals surface area contributed by atoms with Crippen LogP contribution in [-0.2, 0) is 9.59 Å². The summed E-state index contributed by atoms with van der Waals surface area (Å²) in [5.74, 6) is -1.51. The monoisotopic (exact) mass is 351 g/mol. The summed E-state index contributed by atoms with van der Waals surface area (Å²) in [6.07, 6.45) is 4.79. The van der Waals surface area contributed by atoms with Gasteiger partial charge in [0.2, 0.25) is 0 Å². The third-order valence-corrected chi connectivity index (χ3v) is 4.27. The average molecular weight is 351 g/mol. The molecule has 1 fully saturated rings. The van der Waals surface area contributed by atoms with Gasteiger partial charge in [0.25, 0.3) is 5.91 Å². The summed E-state index contributed by atoms with van der Waals surface area (Å²) in [5.41, 5.74) is 1.42. The first-order chi connectivity index (χ1) is 12.4. The Bertz CT molecular complexity index is 1000. The zero-order valence-corrected chi connectivity index (χ0v) is 14.5. The van der Waals surface area contributed by atoms with Gasteiger partial charge in [0.15, 0.2) is 5.78 Å². The Morgan fingerprint density at radius 1 is 1.12 bits per heavy atom. The molecule has 1 aliphatic heterocycles. The van der Waals surface area contributed by atoms with E-state index in [1.807, 2.05) is 25.1 Å². The minimum Gasteiger partial charge on any atom is -0.507 e. The number of rotatable bonds is 3. The second kappa shape index (κ2) is 6.96. The van der Waals surface area contributed by atoms with Gasteiger partial charge in [-0.1, -0.05) is 48.1 Å². The number of ketones is 1. The Hall–Kier alpha value is -3.21. The lowest BCUT2D eigenvalue weighted by Gasteiger charge is -2.05. The Balaban J connectivity index is 1.92. The van der Waals surface area contributed by atoms with Crippen LogP contribution in [0.25, 0.3) is 16.8 Å². The molecule has 0 unspecified atom stereocenters. The zero-order chi connectivity index (χ0) is 18.8. The molecule has 0 aliphatic carbocycles. The molecule has 1 heterocycles. The highest BCUT2D eigenvalue weighted by Gasteiger charge is 2.33. The van der Waals surface area contributed by atoms with Crippen molar-refractivity contribution in [3.8, 4) is 0 Å². The van der Waals surface area contributed by atoms with E-state index >= 15 is 0 Å². The van der Waals surface area contributed by atoms with E-state index in [-0.39, 0.29) is 23.7 Å². The van der Waals surface area contributed by atoms with Gasteiger partial charge in [-0.3, -0.25) is 9.59 Å². The number of carbonyl (C=O) groups is 2. The number of likely N-dealkylation sites (tertiary alicyclic amines) is 1. The number of fused-ring (bicyclic) bond motifs is 1. The number of likely N-dealkylation sites (N-methyl/N-ethyl adjacent to an activating group) is 1. The first-order valence-corrected chi connectivity index (χ1v) is 8.14. The molecule has 5 heteroatoms. The smallest absolute Gasteiger partial charge is 0.261 e. The molecule has 0 saturated carbocycles. The predicted octanol–water partition coefficient (Wildman–Crippen LogP) is 3.79. The number of Topliss-reactive ketones (excluding diaryl/α,β-unsaturated/α-hetero) is 1. The van der Waals surface area contributed by atoms with E-state index in [4.69, 9.17) is 0 Å². The van der Waals surface area contributed by atoms with Crippen LogP contribution in [0.4, 0.5) is 4.39 Å². The Morgan fingerprint density at radius 3 is 2.46 bits per heavy atom. The van der Waals surface area contributed by atoms with E-state index in [1.165, 1.54) is 24.1 Å². The van der Waals surface area contributed by atoms with E-state index in [1.54, 1.807) is 24.3 Å². The number of hydrogen-bond acceptors (Lipinski definition) is 3. The number of aliphatic hydroxyl groups is 1. The molecule has 26 heavy (non-hydrogen) atoms. The molecule has 2 aromatic rings. The summed E-state index contributed by atoms with van der Waals surface area (Å²) < 4.78 is 13.9. The molecule has 0 spiro atoms. The van der Waals surface area contributed by atoms with Crippen LogP contribution in [0.1, 0.15) is 12.5 Å². The summed E-state index contributed by atoms with van der Waals surface area (Å²) in [4.78, 5) is 24.9. The van der Waals surface area contributed by atoms with Crippen LogP contribution in [0.15, 0.2) is 65.5 Å². The molecule has 4 nitrogen and oxygen atoms in total. The summed E-state index contributed by atoms with van der Waals surface area (Å²) in [6.45, 7) is 1.79. The molecule has 1 saturated heterocycles. The van der Waals surface area contributed by atoms with Crippen molar-refractivity contribution < 1.29 is 19.1 Å². The zero-order valence-electron chi connectivity index (χ0n) is 14.5. The maximum Gasteiger partial charge on any atom is 0.261 e. The largest absolute Gasteiger partial charge is 0.507 e. The first kappa shape index (κ1) is 17.6. The second-order valence-electron chi connectivity index (χ2n) is 6.25. The molecular formula is C21H18FNO3. The van der Waals surface area contributed by atoms with Crippen LogP contribution in [0, 0.1) is 5.82 Å². The minimum atomic E-state index is -0.483. The summed E-state index contributed by atoms with van der Waals surface area (Å²) in [5, 5.41) is 11.4. The number of allylic oxidation sites excluding steroid dienone is 3. The van der Waals surface area contributed by atoms with Crippen molar-refractivity contribution in [2.45, 2.75) is 6.92 Å². The topological polar surface area (TPSA) is 57.6 Å². The number of nitrogens with zero attached hydrogens (tertiary/aromatic N) is 1. The maximum absolute atomic E-state index is 13.9. The van der Waals surface area contributed by atoms with Gasteiger partial charge < -0.3 is 10.0 Å². The van der Waals surface area contributed by atoms with E-state index < -0.39 is 11.7 Å². The highest BCUT2D eigenvalue weighted by molar-refractivity contribution is 6.25. The van der Waals surface area contributed by atoms with Gasteiger partial charge in [-0.2, -0.15) is 0 Å². The molecule has 1 aliphatic rings. The fourth-order valence-electron chi connectivity index (χ4n) is 2.93. The van der Waals surface area contributed by atoms with Gasteiger partial charge in [0.1, 0.15) is 17.1 Å². The van der Waals surface area contributed by atoms with Crippen molar-refractivity contribution in [3.63, 3.8) is 0 Å². The lowest BCUT2D eigenvalue weighted by molar-refractivity contribution is -0.123. The second-order valence-corrected chi connectivity index (χ2v) is 6.25. The molecule has 1 N–H and O–H groups in total. The number of hydrogen-bond donors (Lipinski definition) is 1. The normalized spacial score (nSPS) is 17.7. The van der Waals surface area contributed by atoms with Crippen LogP contribution < -0.4 is 0 Å².